The number of nitrogens with zero attached hydrogens (tertiary/aromatic N) is 1. The molecule has 136 valence electrons. The van der Waals surface area contributed by atoms with Crippen molar-refractivity contribution in [3.05, 3.63) is 33.9 Å². The largest absolute Gasteiger partial charge is 0.478 e. The number of fused-ring (bicyclic) bond motifs is 2. The molecule has 0 aromatic heterocycles. The highest BCUT2D eigenvalue weighted by Gasteiger charge is 2.42. The first-order valence-corrected chi connectivity index (χ1v) is 8.69. The number of carboxylic acids is 1. The second-order valence-corrected chi connectivity index (χ2v) is 7.32. The summed E-state index contributed by atoms with van der Waals surface area (Å²) in [6.07, 6.45) is 4.08. The highest BCUT2D eigenvalue weighted by Crippen LogP contribution is 2.46. The van der Waals surface area contributed by atoms with Crippen molar-refractivity contribution in [2.24, 2.45) is 17.8 Å². The van der Waals surface area contributed by atoms with E-state index in [4.69, 9.17) is 14.6 Å². The quantitative estimate of drug-likeness (QED) is 0.456. The van der Waals surface area contributed by atoms with E-state index in [0.29, 0.717) is 11.8 Å². The smallest absolute Gasteiger partial charge is 0.335 e. The summed E-state index contributed by atoms with van der Waals surface area (Å²) >= 11 is 0. The van der Waals surface area contributed by atoms with Gasteiger partial charge in [-0.1, -0.05) is 13.8 Å². The van der Waals surface area contributed by atoms with E-state index in [1.54, 1.807) is 0 Å². The van der Waals surface area contributed by atoms with E-state index >= 15 is 0 Å². The maximum absolute atomic E-state index is 11.2. The monoisotopic (exact) mass is 349 g/mol. The molecule has 2 aliphatic rings. The van der Waals surface area contributed by atoms with Crippen LogP contribution in [-0.2, 0) is 4.74 Å². The predicted molar refractivity (Wildman–Crippen MR) is 89.6 cm³/mol. The summed E-state index contributed by atoms with van der Waals surface area (Å²) in [6, 6.07) is 3.56. The molecule has 1 aromatic carbocycles. The standard InChI is InChI=1S/C18H23NO6/c1-10(2)18(24-15-8-11-3-4-12(15)7-11)25-16-9-13(17(20)21)5-6-14(16)19(22)23/h5-6,9-12,15,18H,3-4,7-8H2,1-2H3,(H,20,21). The molecule has 1 N–H and O–H groups in total. The second-order valence-electron chi connectivity index (χ2n) is 7.32. The molecule has 0 heterocycles. The number of hydrogen-bond donors (Lipinski definition) is 1. The van der Waals surface area contributed by atoms with Crippen molar-refractivity contribution in [1.29, 1.82) is 0 Å². The Hall–Kier alpha value is -2.15. The van der Waals surface area contributed by atoms with E-state index in [2.05, 4.69) is 0 Å². The Morgan fingerprint density at radius 1 is 1.32 bits per heavy atom. The Balaban J connectivity index is 1.80. The van der Waals surface area contributed by atoms with Crippen molar-refractivity contribution in [3.63, 3.8) is 0 Å². The van der Waals surface area contributed by atoms with Crippen molar-refractivity contribution < 1.29 is 24.3 Å². The zero-order valence-electron chi connectivity index (χ0n) is 14.4. The zero-order chi connectivity index (χ0) is 18.1. The third-order valence-corrected chi connectivity index (χ3v) is 5.17. The van der Waals surface area contributed by atoms with Gasteiger partial charge in [-0.2, -0.15) is 0 Å². The second kappa shape index (κ2) is 7.00. The number of ether oxygens (including phenoxy) is 2. The van der Waals surface area contributed by atoms with Gasteiger partial charge in [-0.15, -0.1) is 0 Å². The molecule has 4 atom stereocenters. The number of carbonyl (C=O) groups is 1. The van der Waals surface area contributed by atoms with E-state index in [1.807, 2.05) is 13.8 Å². The zero-order valence-corrected chi connectivity index (χ0v) is 14.4. The van der Waals surface area contributed by atoms with E-state index in [-0.39, 0.29) is 29.0 Å². The molecule has 0 spiro atoms. The van der Waals surface area contributed by atoms with Crippen molar-refractivity contribution in [1.82, 2.24) is 0 Å². The lowest BCUT2D eigenvalue weighted by Gasteiger charge is -2.30. The Labute approximate surface area is 146 Å². The number of hydrogen-bond acceptors (Lipinski definition) is 5. The Kier molecular flexibility index (Phi) is 4.94. The summed E-state index contributed by atoms with van der Waals surface area (Å²) in [4.78, 5) is 21.8. The molecule has 0 radical (unpaired) electrons. The maximum atomic E-state index is 11.2. The van der Waals surface area contributed by atoms with Gasteiger partial charge in [-0.05, 0) is 43.6 Å². The fourth-order valence-corrected chi connectivity index (χ4v) is 3.86. The summed E-state index contributed by atoms with van der Waals surface area (Å²) in [5, 5.41) is 20.4. The molecular formula is C18H23NO6. The molecule has 2 bridgehead atoms. The number of nitro groups is 1. The van der Waals surface area contributed by atoms with Crippen LogP contribution in [0.2, 0.25) is 0 Å². The molecule has 7 heteroatoms. The molecule has 3 rings (SSSR count). The Morgan fingerprint density at radius 2 is 2.08 bits per heavy atom. The highest BCUT2D eigenvalue weighted by atomic mass is 16.7. The van der Waals surface area contributed by atoms with Crippen molar-refractivity contribution >= 4 is 11.7 Å². The van der Waals surface area contributed by atoms with Crippen molar-refractivity contribution in [3.8, 4) is 5.75 Å². The normalized spacial score (nSPS) is 26.0. The fourth-order valence-electron chi connectivity index (χ4n) is 3.86. The van der Waals surface area contributed by atoms with Gasteiger partial charge in [0.15, 0.2) is 0 Å². The lowest BCUT2D eigenvalue weighted by molar-refractivity contribution is -0.386. The van der Waals surface area contributed by atoms with Gasteiger partial charge >= 0.3 is 11.7 Å². The molecule has 2 saturated carbocycles. The van der Waals surface area contributed by atoms with Crippen molar-refractivity contribution in [2.75, 3.05) is 0 Å². The number of carboxylic acid groups (broad SMARTS) is 1. The van der Waals surface area contributed by atoms with Gasteiger partial charge in [0.2, 0.25) is 12.0 Å². The molecule has 0 amide bonds. The predicted octanol–water partition coefficient (Wildman–Crippen LogP) is 3.86. The minimum absolute atomic E-state index is 0.0211. The van der Waals surface area contributed by atoms with Crippen LogP contribution < -0.4 is 4.74 Å². The first-order valence-electron chi connectivity index (χ1n) is 8.69. The van der Waals surface area contributed by atoms with Crippen LogP contribution in [0, 0.1) is 27.9 Å². The summed E-state index contributed by atoms with van der Waals surface area (Å²) in [7, 11) is 0. The summed E-state index contributed by atoms with van der Waals surface area (Å²) in [6.45, 7) is 3.84. The van der Waals surface area contributed by atoms with E-state index < -0.39 is 17.2 Å². The van der Waals surface area contributed by atoms with Crippen LogP contribution in [0.1, 0.15) is 49.9 Å². The van der Waals surface area contributed by atoms with E-state index in [9.17, 15) is 14.9 Å². The van der Waals surface area contributed by atoms with E-state index in [0.717, 1.165) is 18.9 Å². The number of rotatable bonds is 7. The SMILES string of the molecule is CC(C)C(Oc1cc(C(=O)O)ccc1[N+](=O)[O-])OC1CC2CCC1C2. The summed E-state index contributed by atoms with van der Waals surface area (Å²) < 4.78 is 12.0. The molecule has 2 aliphatic carbocycles. The van der Waals surface area contributed by atoms with Crippen LogP contribution >= 0.6 is 0 Å². The number of benzene rings is 1. The van der Waals surface area contributed by atoms with Crippen LogP contribution in [0.4, 0.5) is 5.69 Å². The third-order valence-electron chi connectivity index (χ3n) is 5.17. The highest BCUT2D eigenvalue weighted by molar-refractivity contribution is 5.88. The molecule has 25 heavy (non-hydrogen) atoms. The Morgan fingerprint density at radius 3 is 2.60 bits per heavy atom. The average molecular weight is 349 g/mol. The fraction of sp³-hybridized carbons (Fsp3) is 0.611. The van der Waals surface area contributed by atoms with Crippen LogP contribution in [0.3, 0.4) is 0 Å². The minimum Gasteiger partial charge on any atom is -0.478 e. The Bertz CT molecular complexity index is 674. The van der Waals surface area contributed by atoms with Crippen LogP contribution in [0.5, 0.6) is 5.75 Å². The third kappa shape index (κ3) is 3.76. The molecule has 4 unspecified atom stereocenters. The van der Waals surface area contributed by atoms with Crippen LogP contribution in [0.25, 0.3) is 0 Å². The van der Waals surface area contributed by atoms with Crippen molar-refractivity contribution in [2.45, 2.75) is 51.9 Å². The first-order chi connectivity index (χ1) is 11.8. The molecule has 7 nitrogen and oxygen atoms in total. The van der Waals surface area contributed by atoms with Gasteiger partial charge in [0.25, 0.3) is 0 Å². The summed E-state index contributed by atoms with van der Waals surface area (Å²) in [5.41, 5.74) is -0.310. The summed E-state index contributed by atoms with van der Waals surface area (Å²) in [5.74, 6) is 0.0107. The lowest BCUT2D eigenvalue weighted by Crippen LogP contribution is -2.34. The van der Waals surface area contributed by atoms with Gasteiger partial charge in [0, 0.05) is 18.1 Å². The lowest BCUT2D eigenvalue weighted by atomic mass is 9.97. The van der Waals surface area contributed by atoms with Crippen LogP contribution in [0.15, 0.2) is 18.2 Å². The maximum Gasteiger partial charge on any atom is 0.335 e. The van der Waals surface area contributed by atoms with Crippen LogP contribution in [-0.4, -0.2) is 28.4 Å². The van der Waals surface area contributed by atoms with Gasteiger partial charge in [-0.3, -0.25) is 10.1 Å². The topological polar surface area (TPSA) is 98.9 Å². The van der Waals surface area contributed by atoms with Gasteiger partial charge in [0.05, 0.1) is 16.6 Å². The first kappa shape index (κ1) is 17.7. The number of aromatic carboxylic acids is 1. The average Bonchev–Trinajstić information content (AvgIpc) is 3.16. The molecule has 0 aliphatic heterocycles. The molecule has 0 saturated heterocycles. The van der Waals surface area contributed by atoms with Gasteiger partial charge in [0.1, 0.15) is 0 Å². The molecular weight excluding hydrogens is 326 g/mol. The number of nitro benzene ring substituents is 1. The van der Waals surface area contributed by atoms with E-state index in [1.165, 1.54) is 25.0 Å². The van der Waals surface area contributed by atoms with Gasteiger partial charge < -0.3 is 14.6 Å². The minimum atomic E-state index is -1.16. The van der Waals surface area contributed by atoms with Gasteiger partial charge in [-0.25, -0.2) is 4.79 Å². The molecule has 2 fully saturated rings. The molecule has 1 aromatic rings.